The molecule has 154 valence electrons. The first kappa shape index (κ1) is 22.1. The number of amides is 2. The molecular formula is C20H22N2O6S. The van der Waals surface area contributed by atoms with Crippen LogP contribution >= 0.6 is 11.8 Å². The highest BCUT2D eigenvalue weighted by atomic mass is 32.2. The van der Waals surface area contributed by atoms with Gasteiger partial charge in [0.25, 0.3) is 0 Å². The van der Waals surface area contributed by atoms with Crippen molar-refractivity contribution in [1.82, 2.24) is 0 Å². The zero-order valence-corrected chi connectivity index (χ0v) is 17.1. The number of carbonyl (C=O) groups is 3. The Balaban J connectivity index is 1.80. The van der Waals surface area contributed by atoms with Gasteiger partial charge in [-0.1, -0.05) is 6.07 Å². The number of rotatable bonds is 9. The first-order chi connectivity index (χ1) is 14.0. The van der Waals surface area contributed by atoms with Crippen LogP contribution in [0.2, 0.25) is 0 Å². The van der Waals surface area contributed by atoms with Crippen LogP contribution < -0.4 is 20.1 Å². The average Bonchev–Trinajstić information content (AvgIpc) is 2.73. The molecule has 2 N–H and O–H groups in total. The van der Waals surface area contributed by atoms with Crippen molar-refractivity contribution >= 4 is 40.9 Å². The quantitative estimate of drug-likeness (QED) is 0.604. The fourth-order valence-corrected chi connectivity index (χ4v) is 3.00. The topological polar surface area (TPSA) is 103 Å². The normalized spacial score (nSPS) is 10.0. The van der Waals surface area contributed by atoms with E-state index in [0.29, 0.717) is 28.4 Å². The van der Waals surface area contributed by atoms with E-state index in [1.807, 2.05) is 0 Å². The molecule has 0 spiro atoms. The molecule has 0 aliphatic heterocycles. The van der Waals surface area contributed by atoms with Crippen LogP contribution in [0, 0.1) is 0 Å². The summed E-state index contributed by atoms with van der Waals surface area (Å²) in [5.41, 5.74) is 1.39. The van der Waals surface area contributed by atoms with E-state index in [4.69, 9.17) is 9.47 Å². The zero-order chi connectivity index (χ0) is 21.2. The van der Waals surface area contributed by atoms with Crippen LogP contribution in [0.4, 0.5) is 11.4 Å². The van der Waals surface area contributed by atoms with Crippen LogP contribution in [-0.2, 0) is 14.3 Å². The second-order valence-electron chi connectivity index (χ2n) is 5.73. The Morgan fingerprint density at radius 1 is 0.828 bits per heavy atom. The first-order valence-corrected chi connectivity index (χ1v) is 9.70. The lowest BCUT2D eigenvalue weighted by molar-refractivity contribution is -0.114. The van der Waals surface area contributed by atoms with Crippen LogP contribution in [0.25, 0.3) is 0 Å². The minimum absolute atomic E-state index is 0.0851. The summed E-state index contributed by atoms with van der Waals surface area (Å²) in [6, 6.07) is 11.5. The van der Waals surface area contributed by atoms with Crippen LogP contribution in [0.1, 0.15) is 10.4 Å². The lowest BCUT2D eigenvalue weighted by Crippen LogP contribution is -2.18. The molecule has 29 heavy (non-hydrogen) atoms. The smallest absolute Gasteiger partial charge is 0.337 e. The SMILES string of the molecule is COC(=O)c1cccc(NC(=O)CSCC(=O)Nc2ccc(OC)c(OC)c2)c1. The number of ether oxygens (including phenoxy) is 3. The summed E-state index contributed by atoms with van der Waals surface area (Å²) in [6.45, 7) is 0. The van der Waals surface area contributed by atoms with Crippen molar-refractivity contribution in [2.24, 2.45) is 0 Å². The first-order valence-electron chi connectivity index (χ1n) is 8.54. The predicted octanol–water partition coefficient (Wildman–Crippen LogP) is 2.80. The molecular weight excluding hydrogens is 396 g/mol. The van der Waals surface area contributed by atoms with Crippen molar-refractivity contribution in [3.63, 3.8) is 0 Å². The Labute approximate surface area is 172 Å². The van der Waals surface area contributed by atoms with Gasteiger partial charge in [0.15, 0.2) is 11.5 Å². The van der Waals surface area contributed by atoms with Crippen LogP contribution in [-0.4, -0.2) is 50.6 Å². The summed E-state index contributed by atoms with van der Waals surface area (Å²) >= 11 is 1.17. The number of carbonyl (C=O) groups excluding carboxylic acids is 3. The van der Waals surface area contributed by atoms with Gasteiger partial charge in [0.1, 0.15) is 0 Å². The Morgan fingerprint density at radius 3 is 2.03 bits per heavy atom. The molecule has 0 aromatic heterocycles. The van der Waals surface area contributed by atoms with E-state index in [1.54, 1.807) is 36.4 Å². The van der Waals surface area contributed by atoms with E-state index in [1.165, 1.54) is 39.2 Å². The molecule has 0 saturated carbocycles. The molecule has 2 aromatic rings. The predicted molar refractivity (Wildman–Crippen MR) is 112 cm³/mol. The third kappa shape index (κ3) is 6.72. The number of methoxy groups -OCH3 is 3. The van der Waals surface area contributed by atoms with Gasteiger partial charge in [0, 0.05) is 17.4 Å². The molecule has 0 radical (unpaired) electrons. The van der Waals surface area contributed by atoms with E-state index in [-0.39, 0.29) is 23.3 Å². The van der Waals surface area contributed by atoms with Crippen LogP contribution in [0.15, 0.2) is 42.5 Å². The van der Waals surface area contributed by atoms with E-state index in [2.05, 4.69) is 15.4 Å². The molecule has 2 amide bonds. The van der Waals surface area contributed by atoms with Gasteiger partial charge in [0.05, 0.1) is 38.4 Å². The van der Waals surface area contributed by atoms with Gasteiger partial charge >= 0.3 is 5.97 Å². The van der Waals surface area contributed by atoms with Gasteiger partial charge in [-0.2, -0.15) is 0 Å². The maximum absolute atomic E-state index is 12.1. The number of hydrogen-bond acceptors (Lipinski definition) is 7. The van der Waals surface area contributed by atoms with Crippen molar-refractivity contribution in [3.05, 3.63) is 48.0 Å². The number of anilines is 2. The van der Waals surface area contributed by atoms with Crippen molar-refractivity contribution in [2.75, 3.05) is 43.5 Å². The summed E-state index contributed by atoms with van der Waals surface area (Å²) in [4.78, 5) is 35.6. The molecule has 0 unspecified atom stereocenters. The fourth-order valence-electron chi connectivity index (χ4n) is 2.39. The lowest BCUT2D eigenvalue weighted by Gasteiger charge is -2.10. The van der Waals surface area contributed by atoms with Crippen molar-refractivity contribution in [2.45, 2.75) is 0 Å². The third-order valence-corrected chi connectivity index (χ3v) is 4.63. The van der Waals surface area contributed by atoms with Crippen molar-refractivity contribution in [3.8, 4) is 11.5 Å². The van der Waals surface area contributed by atoms with Crippen molar-refractivity contribution in [1.29, 1.82) is 0 Å². The molecule has 8 nitrogen and oxygen atoms in total. The summed E-state index contributed by atoms with van der Waals surface area (Å²) in [5.74, 6) is 0.242. The van der Waals surface area contributed by atoms with Crippen LogP contribution in [0.3, 0.4) is 0 Å². The number of esters is 1. The van der Waals surface area contributed by atoms with Gasteiger partial charge in [-0.15, -0.1) is 11.8 Å². The molecule has 0 aliphatic rings. The molecule has 0 fully saturated rings. The number of benzene rings is 2. The van der Waals surface area contributed by atoms with Gasteiger partial charge in [-0.05, 0) is 30.3 Å². The third-order valence-electron chi connectivity index (χ3n) is 3.70. The monoisotopic (exact) mass is 418 g/mol. The highest BCUT2D eigenvalue weighted by Gasteiger charge is 2.10. The van der Waals surface area contributed by atoms with Crippen molar-refractivity contribution < 1.29 is 28.6 Å². The van der Waals surface area contributed by atoms with Crippen LogP contribution in [0.5, 0.6) is 11.5 Å². The van der Waals surface area contributed by atoms with Gasteiger partial charge in [0.2, 0.25) is 11.8 Å². The molecule has 2 aromatic carbocycles. The standard InChI is InChI=1S/C20H22N2O6S/c1-26-16-8-7-15(10-17(16)27-2)22-19(24)12-29-11-18(23)21-14-6-4-5-13(9-14)20(25)28-3/h4-10H,11-12H2,1-3H3,(H,21,23)(H,22,24). The molecule has 0 atom stereocenters. The highest BCUT2D eigenvalue weighted by molar-refractivity contribution is 8.00. The van der Waals surface area contributed by atoms with Gasteiger partial charge in [-0.25, -0.2) is 4.79 Å². The molecule has 9 heteroatoms. The Kier molecular flexibility index (Phi) is 8.35. The molecule has 2 rings (SSSR count). The van der Waals surface area contributed by atoms with Gasteiger partial charge < -0.3 is 24.8 Å². The summed E-state index contributed by atoms with van der Waals surface area (Å²) < 4.78 is 15.0. The van der Waals surface area contributed by atoms with E-state index in [9.17, 15) is 14.4 Å². The fraction of sp³-hybridized carbons (Fsp3) is 0.250. The van der Waals surface area contributed by atoms with E-state index >= 15 is 0 Å². The van der Waals surface area contributed by atoms with Gasteiger partial charge in [-0.3, -0.25) is 9.59 Å². The second kappa shape index (κ2) is 11.0. The minimum atomic E-state index is -0.484. The molecule has 0 heterocycles. The Bertz CT molecular complexity index is 887. The lowest BCUT2D eigenvalue weighted by atomic mass is 10.2. The zero-order valence-electron chi connectivity index (χ0n) is 16.3. The maximum atomic E-state index is 12.1. The summed E-state index contributed by atoms with van der Waals surface area (Å²) in [5, 5.41) is 5.42. The number of hydrogen-bond donors (Lipinski definition) is 2. The average molecular weight is 418 g/mol. The summed E-state index contributed by atoms with van der Waals surface area (Å²) in [7, 11) is 4.33. The minimum Gasteiger partial charge on any atom is -0.493 e. The Morgan fingerprint density at radius 2 is 1.45 bits per heavy atom. The second-order valence-corrected chi connectivity index (χ2v) is 6.72. The molecule has 0 aliphatic carbocycles. The summed E-state index contributed by atoms with van der Waals surface area (Å²) in [6.07, 6.45) is 0. The number of nitrogens with one attached hydrogen (secondary N) is 2. The highest BCUT2D eigenvalue weighted by Crippen LogP contribution is 2.29. The maximum Gasteiger partial charge on any atom is 0.337 e. The molecule has 0 saturated heterocycles. The van der Waals surface area contributed by atoms with E-state index < -0.39 is 5.97 Å². The Hall–Kier alpha value is -3.20. The van der Waals surface area contributed by atoms with E-state index in [0.717, 1.165) is 0 Å². The largest absolute Gasteiger partial charge is 0.493 e. The number of thioether (sulfide) groups is 1. The molecule has 0 bridgehead atoms.